The van der Waals surface area contributed by atoms with E-state index in [1.54, 1.807) is 10.7 Å². The largest absolute Gasteiger partial charge is 0.459 e. The van der Waals surface area contributed by atoms with Crippen molar-refractivity contribution in [3.63, 3.8) is 0 Å². The summed E-state index contributed by atoms with van der Waals surface area (Å²) in [5.74, 6) is 0. The van der Waals surface area contributed by atoms with Gasteiger partial charge >= 0.3 is 5.68 Å². The van der Waals surface area contributed by atoms with Crippen molar-refractivity contribution < 1.29 is 0 Å². The molecule has 0 aliphatic rings. The molecule has 0 aliphatic carbocycles. The fourth-order valence-electron chi connectivity index (χ4n) is 0.349. The first-order valence-electron chi connectivity index (χ1n) is 2.45. The molecule has 0 aromatic heterocycles. The van der Waals surface area contributed by atoms with Gasteiger partial charge in [0.25, 0.3) is 0 Å². The average molecular weight is 202 g/mol. The van der Waals surface area contributed by atoms with Gasteiger partial charge < -0.3 is 4.48 Å². The smallest absolute Gasteiger partial charge is 0.415 e. The molecule has 0 aliphatic heterocycles. The lowest BCUT2D eigenvalue weighted by molar-refractivity contribution is 0.958. The molecule has 52 valence electrons. The minimum Gasteiger partial charge on any atom is -0.415 e. The van der Waals surface area contributed by atoms with Crippen LogP contribution in [0.5, 0.6) is 0 Å². The van der Waals surface area contributed by atoms with Gasteiger partial charge in [0.05, 0.1) is 0 Å². The molecule has 0 saturated heterocycles. The second-order valence-electron chi connectivity index (χ2n) is 1.39. The molecule has 6 heteroatoms. The summed E-state index contributed by atoms with van der Waals surface area (Å²) in [5, 5.41) is 0. The van der Waals surface area contributed by atoms with E-state index in [0.29, 0.717) is 0 Å². The highest BCUT2D eigenvalue weighted by Gasteiger charge is 2.12. The number of halogens is 3. The van der Waals surface area contributed by atoms with Crippen LogP contribution in [0.3, 0.4) is 0 Å². The van der Waals surface area contributed by atoms with Gasteiger partial charge in [-0.15, -0.1) is 34.0 Å². The summed E-state index contributed by atoms with van der Waals surface area (Å²) in [6, 6.07) is 0. The molecule has 1 nitrogen and oxygen atoms in total. The lowest BCUT2D eigenvalue weighted by atomic mass is 10.4. The zero-order chi connectivity index (χ0) is 7.28. The Bertz CT molecular complexity index is 99.1. The van der Waals surface area contributed by atoms with E-state index in [0.717, 1.165) is 0 Å². The Morgan fingerprint density at radius 2 is 2.11 bits per heavy atom. The molecule has 0 bridgehead atoms. The molecule has 9 heavy (non-hydrogen) atoms. The molecular weight excluding hydrogens is 195 g/mol. The lowest BCUT2D eigenvalue weighted by Crippen LogP contribution is -2.26. The first-order chi connectivity index (χ1) is 4.22. The van der Waals surface area contributed by atoms with Crippen molar-refractivity contribution in [3.8, 4) is 0 Å². The molecule has 0 aromatic carbocycles. The van der Waals surface area contributed by atoms with E-state index in [2.05, 4.69) is 0 Å². The topological polar surface area (TPSA) is 3.24 Å². The zero-order valence-corrected chi connectivity index (χ0v) is 8.70. The Labute approximate surface area is 72.5 Å². The Kier molecular flexibility index (Phi) is 5.90. The standard InChI is InChI=1S/C3H7BCl3NSi/c1-2-3-8(9-7)4(5)6/h2-3H,9H2,1H3. The Morgan fingerprint density at radius 1 is 1.56 bits per heavy atom. The third-order valence-corrected chi connectivity index (χ3v) is 3.37. The van der Waals surface area contributed by atoms with Crippen LogP contribution in [-0.4, -0.2) is 19.1 Å². The molecule has 0 rings (SSSR count). The second-order valence-corrected chi connectivity index (χ2v) is 4.13. The molecule has 0 fully saturated rings. The first-order valence-corrected chi connectivity index (χ1v) is 6.09. The van der Waals surface area contributed by atoms with Crippen molar-refractivity contribution in [2.75, 3.05) is 0 Å². The van der Waals surface area contributed by atoms with Gasteiger partial charge in [-0.05, 0) is 13.1 Å². The van der Waals surface area contributed by atoms with Crippen LogP contribution < -0.4 is 0 Å². The average Bonchev–Trinajstić information content (AvgIpc) is 1.82. The quantitative estimate of drug-likeness (QED) is 0.495. The summed E-state index contributed by atoms with van der Waals surface area (Å²) >= 11 is 16.6. The van der Waals surface area contributed by atoms with Crippen molar-refractivity contribution in [1.29, 1.82) is 0 Å². The molecule has 0 saturated carbocycles. The molecule has 0 radical (unpaired) electrons. The van der Waals surface area contributed by atoms with E-state index >= 15 is 0 Å². The number of nitrogens with zero attached hydrogens (tertiary/aromatic N) is 1. The van der Waals surface area contributed by atoms with Crippen LogP contribution in [0.1, 0.15) is 6.92 Å². The Balaban J connectivity index is 3.68. The van der Waals surface area contributed by atoms with Crippen LogP contribution in [0.15, 0.2) is 12.3 Å². The minimum atomic E-state index is -0.776. The van der Waals surface area contributed by atoms with Crippen LogP contribution in [0.25, 0.3) is 0 Å². The van der Waals surface area contributed by atoms with Gasteiger partial charge in [-0.1, -0.05) is 6.08 Å². The van der Waals surface area contributed by atoms with E-state index in [-0.39, 0.29) is 0 Å². The molecular formula is C3H7BCl3NSi. The minimum absolute atomic E-state index is 0.495. The fourth-order valence-corrected chi connectivity index (χ4v) is 2.36. The van der Waals surface area contributed by atoms with Crippen molar-refractivity contribution in [2.45, 2.75) is 6.92 Å². The van der Waals surface area contributed by atoms with Crippen molar-refractivity contribution in [2.24, 2.45) is 0 Å². The number of hydrogen-bond donors (Lipinski definition) is 0. The SMILES string of the molecule is CC=CN([SiH2]Cl)B(Cl)Cl. The summed E-state index contributed by atoms with van der Waals surface area (Å²) in [5.41, 5.74) is -0.495. The third kappa shape index (κ3) is 4.14. The Hall–Kier alpha value is 0.692. The molecule has 0 atom stereocenters. The molecule has 0 aromatic rings. The number of rotatable bonds is 3. The van der Waals surface area contributed by atoms with Crippen LogP contribution >= 0.6 is 34.0 Å². The van der Waals surface area contributed by atoms with Gasteiger partial charge in [0.1, 0.15) is 0 Å². The summed E-state index contributed by atoms with van der Waals surface area (Å²) in [7, 11) is -0.776. The molecule has 0 amide bonds. The first kappa shape index (κ1) is 9.69. The van der Waals surface area contributed by atoms with Gasteiger partial charge in [0.15, 0.2) is 0 Å². The summed E-state index contributed by atoms with van der Waals surface area (Å²) in [6.07, 6.45) is 3.65. The lowest BCUT2D eigenvalue weighted by Gasteiger charge is -2.14. The van der Waals surface area contributed by atoms with E-state index in [9.17, 15) is 0 Å². The Morgan fingerprint density at radius 3 is 2.22 bits per heavy atom. The predicted molar refractivity (Wildman–Crippen MR) is 48.5 cm³/mol. The van der Waals surface area contributed by atoms with Gasteiger partial charge in [0.2, 0.25) is 8.99 Å². The van der Waals surface area contributed by atoms with Crippen molar-refractivity contribution >= 4 is 48.7 Å². The van der Waals surface area contributed by atoms with Gasteiger partial charge in [-0.25, -0.2) is 0 Å². The van der Waals surface area contributed by atoms with E-state index in [1.807, 2.05) is 13.0 Å². The summed E-state index contributed by atoms with van der Waals surface area (Å²) in [4.78, 5) is 0. The normalized spacial score (nSPS) is 11.6. The van der Waals surface area contributed by atoms with E-state index < -0.39 is 14.7 Å². The van der Waals surface area contributed by atoms with Gasteiger partial charge in [-0.2, -0.15) is 0 Å². The number of hydrogen-bond acceptors (Lipinski definition) is 1. The van der Waals surface area contributed by atoms with Crippen LogP contribution in [0, 0.1) is 0 Å². The third-order valence-electron chi connectivity index (χ3n) is 0.729. The predicted octanol–water partition coefficient (Wildman–Crippen LogP) is 1.52. The van der Waals surface area contributed by atoms with Crippen LogP contribution in [0.2, 0.25) is 0 Å². The highest BCUT2D eigenvalue weighted by Crippen LogP contribution is 2.04. The monoisotopic (exact) mass is 201 g/mol. The molecule has 0 spiro atoms. The van der Waals surface area contributed by atoms with Crippen molar-refractivity contribution in [1.82, 2.24) is 4.48 Å². The maximum Gasteiger partial charge on any atom is 0.459 e. The fraction of sp³-hybridized carbons (Fsp3) is 0.333. The van der Waals surface area contributed by atoms with E-state index in [4.69, 9.17) is 34.0 Å². The van der Waals surface area contributed by atoms with Gasteiger partial charge in [0, 0.05) is 0 Å². The number of allylic oxidation sites excluding steroid dienone is 1. The molecule has 0 unspecified atom stereocenters. The molecule has 0 N–H and O–H groups in total. The zero-order valence-electron chi connectivity index (χ0n) is 5.02. The highest BCUT2D eigenvalue weighted by molar-refractivity contribution is 7.34. The van der Waals surface area contributed by atoms with E-state index in [1.165, 1.54) is 0 Å². The highest BCUT2D eigenvalue weighted by atomic mass is 35.6. The second kappa shape index (κ2) is 5.47. The summed E-state index contributed by atoms with van der Waals surface area (Å²) in [6.45, 7) is 1.89. The van der Waals surface area contributed by atoms with Crippen LogP contribution in [-0.2, 0) is 0 Å². The molecule has 0 heterocycles. The maximum atomic E-state index is 5.59. The summed E-state index contributed by atoms with van der Waals surface area (Å²) < 4.78 is 1.73. The van der Waals surface area contributed by atoms with Crippen LogP contribution in [0.4, 0.5) is 0 Å². The van der Waals surface area contributed by atoms with Gasteiger partial charge in [-0.3, -0.25) is 0 Å². The van der Waals surface area contributed by atoms with Crippen molar-refractivity contribution in [3.05, 3.63) is 12.3 Å². The maximum absolute atomic E-state index is 5.59.